The molecular formula is C12H15NS. The van der Waals surface area contributed by atoms with E-state index < -0.39 is 0 Å². The Balaban J connectivity index is 2.45. The van der Waals surface area contributed by atoms with Crippen molar-refractivity contribution in [1.29, 1.82) is 5.26 Å². The molecule has 1 nitrogen and oxygen atoms in total. The molecule has 1 aromatic rings. The first-order valence-electron chi connectivity index (χ1n) is 4.81. The summed E-state index contributed by atoms with van der Waals surface area (Å²) < 4.78 is 0. The van der Waals surface area contributed by atoms with Gasteiger partial charge in [0, 0.05) is 10.6 Å². The largest absolute Gasteiger partial charge is 0.198 e. The van der Waals surface area contributed by atoms with E-state index in [9.17, 15) is 0 Å². The van der Waals surface area contributed by atoms with E-state index in [0.29, 0.717) is 5.92 Å². The average Bonchev–Trinajstić information content (AvgIpc) is 2.20. The number of hydrogen-bond donors (Lipinski definition) is 0. The minimum absolute atomic E-state index is 0.153. The first-order chi connectivity index (χ1) is 6.74. The van der Waals surface area contributed by atoms with Gasteiger partial charge >= 0.3 is 0 Å². The highest BCUT2D eigenvalue weighted by molar-refractivity contribution is 7.99. The van der Waals surface area contributed by atoms with Crippen LogP contribution in [-0.4, -0.2) is 5.75 Å². The Kier molecular flexibility index (Phi) is 4.55. The highest BCUT2D eigenvalue weighted by atomic mass is 32.2. The van der Waals surface area contributed by atoms with Crippen LogP contribution in [0.1, 0.15) is 13.8 Å². The summed E-state index contributed by atoms with van der Waals surface area (Å²) >= 11 is 1.76. The molecule has 0 radical (unpaired) electrons. The molecule has 1 atom stereocenters. The topological polar surface area (TPSA) is 23.8 Å². The third-order valence-corrected chi connectivity index (χ3v) is 3.27. The summed E-state index contributed by atoms with van der Waals surface area (Å²) in [6, 6.07) is 12.6. The van der Waals surface area contributed by atoms with Gasteiger partial charge in [-0.1, -0.05) is 32.0 Å². The Morgan fingerprint density at radius 3 is 2.43 bits per heavy atom. The summed E-state index contributed by atoms with van der Waals surface area (Å²) in [6.07, 6.45) is 0. The van der Waals surface area contributed by atoms with Gasteiger partial charge in [-0.25, -0.2) is 0 Å². The van der Waals surface area contributed by atoms with Crippen molar-refractivity contribution in [2.45, 2.75) is 18.7 Å². The number of nitrogens with zero attached hydrogens (tertiary/aromatic N) is 1. The SMILES string of the molecule is CC(C)C(C#N)CSc1ccccc1. The summed E-state index contributed by atoms with van der Waals surface area (Å²) in [6.45, 7) is 4.19. The van der Waals surface area contributed by atoms with Crippen LogP contribution in [0.5, 0.6) is 0 Å². The molecule has 1 aromatic carbocycles. The third-order valence-electron chi connectivity index (χ3n) is 2.14. The molecule has 0 spiro atoms. The van der Waals surface area contributed by atoms with Gasteiger partial charge in [0.15, 0.2) is 0 Å². The summed E-state index contributed by atoms with van der Waals surface area (Å²) in [5, 5.41) is 8.91. The third kappa shape index (κ3) is 3.43. The van der Waals surface area contributed by atoms with E-state index in [1.165, 1.54) is 4.90 Å². The summed E-state index contributed by atoms with van der Waals surface area (Å²) in [5.74, 6) is 1.48. The number of hydrogen-bond acceptors (Lipinski definition) is 2. The molecule has 0 heterocycles. The minimum Gasteiger partial charge on any atom is -0.198 e. The van der Waals surface area contributed by atoms with Crippen LogP contribution in [-0.2, 0) is 0 Å². The number of rotatable bonds is 4. The molecule has 14 heavy (non-hydrogen) atoms. The second-order valence-electron chi connectivity index (χ2n) is 3.60. The lowest BCUT2D eigenvalue weighted by atomic mass is 10.0. The normalized spacial score (nSPS) is 12.4. The van der Waals surface area contributed by atoms with Crippen molar-refractivity contribution in [2.24, 2.45) is 11.8 Å². The quantitative estimate of drug-likeness (QED) is 0.702. The number of nitriles is 1. The molecular weight excluding hydrogens is 190 g/mol. The minimum atomic E-state index is 0.153. The number of benzene rings is 1. The van der Waals surface area contributed by atoms with Gasteiger partial charge in [0.2, 0.25) is 0 Å². The molecule has 2 heteroatoms. The van der Waals surface area contributed by atoms with Gasteiger partial charge < -0.3 is 0 Å². The van der Waals surface area contributed by atoms with E-state index in [4.69, 9.17) is 5.26 Å². The first kappa shape index (κ1) is 11.1. The molecule has 0 aliphatic carbocycles. The maximum absolute atomic E-state index is 8.91. The summed E-state index contributed by atoms with van der Waals surface area (Å²) in [4.78, 5) is 1.24. The van der Waals surface area contributed by atoms with Crippen LogP contribution >= 0.6 is 11.8 Å². The zero-order chi connectivity index (χ0) is 10.4. The van der Waals surface area contributed by atoms with Gasteiger partial charge in [-0.05, 0) is 18.1 Å². The van der Waals surface area contributed by atoms with E-state index >= 15 is 0 Å². The predicted molar refractivity (Wildman–Crippen MR) is 61.1 cm³/mol. The fraction of sp³-hybridized carbons (Fsp3) is 0.417. The maximum atomic E-state index is 8.91. The lowest BCUT2D eigenvalue weighted by molar-refractivity contribution is 0.522. The fourth-order valence-electron chi connectivity index (χ4n) is 1.08. The van der Waals surface area contributed by atoms with Crippen LogP contribution < -0.4 is 0 Å². The smallest absolute Gasteiger partial charge is 0.0667 e. The Bertz CT molecular complexity index is 300. The van der Waals surface area contributed by atoms with Crippen LogP contribution in [0.3, 0.4) is 0 Å². The predicted octanol–water partition coefficient (Wildman–Crippen LogP) is 3.57. The highest BCUT2D eigenvalue weighted by Gasteiger charge is 2.12. The van der Waals surface area contributed by atoms with E-state index in [-0.39, 0.29) is 5.92 Å². The van der Waals surface area contributed by atoms with Gasteiger partial charge in [0.25, 0.3) is 0 Å². The van der Waals surface area contributed by atoms with E-state index in [2.05, 4.69) is 32.0 Å². The summed E-state index contributed by atoms with van der Waals surface area (Å²) in [5.41, 5.74) is 0. The molecule has 0 aromatic heterocycles. The maximum Gasteiger partial charge on any atom is 0.0667 e. The van der Waals surface area contributed by atoms with E-state index in [1.807, 2.05) is 18.2 Å². The lowest BCUT2D eigenvalue weighted by Crippen LogP contribution is -2.08. The van der Waals surface area contributed by atoms with Crippen molar-refractivity contribution >= 4 is 11.8 Å². The van der Waals surface area contributed by atoms with Crippen LogP contribution in [0.2, 0.25) is 0 Å². The Morgan fingerprint density at radius 2 is 1.93 bits per heavy atom. The van der Waals surface area contributed by atoms with Crippen molar-refractivity contribution in [3.63, 3.8) is 0 Å². The molecule has 0 amide bonds. The molecule has 0 saturated carbocycles. The van der Waals surface area contributed by atoms with Crippen molar-refractivity contribution < 1.29 is 0 Å². The van der Waals surface area contributed by atoms with Crippen molar-refractivity contribution in [1.82, 2.24) is 0 Å². The second kappa shape index (κ2) is 5.72. The van der Waals surface area contributed by atoms with Gasteiger partial charge in [-0.3, -0.25) is 0 Å². The Hall–Kier alpha value is -0.940. The standard InChI is InChI=1S/C12H15NS/c1-10(2)11(8-13)9-14-12-6-4-3-5-7-12/h3-7,10-11H,9H2,1-2H3. The van der Waals surface area contributed by atoms with Crippen LogP contribution in [0.25, 0.3) is 0 Å². The van der Waals surface area contributed by atoms with Crippen molar-refractivity contribution in [2.75, 3.05) is 5.75 Å². The average molecular weight is 205 g/mol. The highest BCUT2D eigenvalue weighted by Crippen LogP contribution is 2.23. The zero-order valence-corrected chi connectivity index (χ0v) is 9.42. The first-order valence-corrected chi connectivity index (χ1v) is 5.80. The van der Waals surface area contributed by atoms with Crippen LogP contribution in [0.15, 0.2) is 35.2 Å². The van der Waals surface area contributed by atoms with Gasteiger partial charge in [0.05, 0.1) is 12.0 Å². The van der Waals surface area contributed by atoms with E-state index in [0.717, 1.165) is 5.75 Å². The van der Waals surface area contributed by atoms with Gasteiger partial charge in [-0.15, -0.1) is 11.8 Å². The van der Waals surface area contributed by atoms with Gasteiger partial charge in [0.1, 0.15) is 0 Å². The van der Waals surface area contributed by atoms with Gasteiger partial charge in [-0.2, -0.15) is 5.26 Å². The van der Waals surface area contributed by atoms with Crippen molar-refractivity contribution in [3.8, 4) is 6.07 Å². The Morgan fingerprint density at radius 1 is 1.29 bits per heavy atom. The molecule has 1 unspecified atom stereocenters. The molecule has 0 N–H and O–H groups in total. The lowest BCUT2D eigenvalue weighted by Gasteiger charge is -2.11. The van der Waals surface area contributed by atoms with Crippen LogP contribution in [0, 0.1) is 23.2 Å². The molecule has 1 rings (SSSR count). The van der Waals surface area contributed by atoms with Crippen LogP contribution in [0.4, 0.5) is 0 Å². The molecule has 74 valence electrons. The van der Waals surface area contributed by atoms with Crippen molar-refractivity contribution in [3.05, 3.63) is 30.3 Å². The fourth-order valence-corrected chi connectivity index (χ4v) is 2.26. The second-order valence-corrected chi connectivity index (χ2v) is 4.70. The summed E-state index contributed by atoms with van der Waals surface area (Å²) in [7, 11) is 0. The molecule has 0 aliphatic rings. The molecule has 0 saturated heterocycles. The monoisotopic (exact) mass is 205 g/mol. The number of thioether (sulfide) groups is 1. The molecule has 0 fully saturated rings. The molecule has 0 bridgehead atoms. The Labute approximate surface area is 90.1 Å². The van der Waals surface area contributed by atoms with E-state index in [1.54, 1.807) is 11.8 Å². The molecule has 0 aliphatic heterocycles. The zero-order valence-electron chi connectivity index (χ0n) is 8.60.